The second-order valence-electron chi connectivity index (χ2n) is 6.17. The fourth-order valence-electron chi connectivity index (χ4n) is 3.25. The fraction of sp³-hybridized carbons (Fsp3) is 1.00. The van der Waals surface area contributed by atoms with Crippen molar-refractivity contribution in [2.75, 3.05) is 27.2 Å². The molecule has 0 radical (unpaired) electrons. The lowest BCUT2D eigenvalue weighted by Gasteiger charge is -2.24. The molecule has 0 saturated carbocycles. The first kappa shape index (κ1) is 12.0. The van der Waals surface area contributed by atoms with Gasteiger partial charge in [0.1, 0.15) is 0 Å². The molecule has 14 heavy (non-hydrogen) atoms. The number of hydrogen-bond acceptors (Lipinski definition) is 0. The van der Waals surface area contributed by atoms with Crippen molar-refractivity contribution < 1.29 is 4.48 Å². The summed E-state index contributed by atoms with van der Waals surface area (Å²) in [7, 11) is 4.75. The predicted molar refractivity (Wildman–Crippen MR) is 63.2 cm³/mol. The maximum Gasteiger partial charge on any atom is 0.0816 e. The zero-order chi connectivity index (χ0) is 10.8. The molecule has 1 aliphatic rings. The van der Waals surface area contributed by atoms with E-state index in [2.05, 4.69) is 34.9 Å². The molecule has 0 bridgehead atoms. The van der Waals surface area contributed by atoms with Gasteiger partial charge in [-0.25, -0.2) is 0 Å². The smallest absolute Gasteiger partial charge is 0.0816 e. The average molecular weight is 198 g/mol. The second-order valence-corrected chi connectivity index (χ2v) is 6.17. The molecule has 84 valence electrons. The van der Waals surface area contributed by atoms with Crippen LogP contribution in [0.1, 0.15) is 40.0 Å². The minimum atomic E-state index is 0.935. The van der Waals surface area contributed by atoms with E-state index in [0.717, 1.165) is 17.8 Å². The number of likely N-dealkylation sites (tertiary alicyclic amines) is 1. The maximum absolute atomic E-state index is 2.44. The van der Waals surface area contributed by atoms with Crippen LogP contribution in [0.5, 0.6) is 0 Å². The minimum Gasteiger partial charge on any atom is -0.328 e. The highest BCUT2D eigenvalue weighted by molar-refractivity contribution is 4.74. The molecule has 0 amide bonds. The average Bonchev–Trinajstić information content (AvgIpc) is 2.25. The van der Waals surface area contributed by atoms with E-state index in [-0.39, 0.29) is 0 Å². The predicted octanol–water partition coefficient (Wildman–Crippen LogP) is 3.16. The summed E-state index contributed by atoms with van der Waals surface area (Å²) in [6.45, 7) is 9.94. The third-order valence-corrected chi connectivity index (χ3v) is 3.80. The van der Waals surface area contributed by atoms with Crippen molar-refractivity contribution in [3.8, 4) is 0 Å². The molecule has 1 fully saturated rings. The SMILES string of the molecule is CCCC(C)CC1C[N+](C)(C)CC1C. The molecule has 1 aliphatic heterocycles. The molecule has 0 aromatic heterocycles. The zero-order valence-corrected chi connectivity index (χ0v) is 10.7. The molecule has 3 atom stereocenters. The van der Waals surface area contributed by atoms with E-state index in [1.807, 2.05) is 0 Å². The van der Waals surface area contributed by atoms with E-state index in [0.29, 0.717) is 0 Å². The van der Waals surface area contributed by atoms with Crippen molar-refractivity contribution >= 4 is 0 Å². The largest absolute Gasteiger partial charge is 0.328 e. The van der Waals surface area contributed by atoms with Crippen molar-refractivity contribution in [3.05, 3.63) is 0 Å². The van der Waals surface area contributed by atoms with Gasteiger partial charge < -0.3 is 4.48 Å². The van der Waals surface area contributed by atoms with Gasteiger partial charge >= 0.3 is 0 Å². The van der Waals surface area contributed by atoms with Crippen LogP contribution in [0.3, 0.4) is 0 Å². The summed E-state index contributed by atoms with van der Waals surface area (Å²) in [6.07, 6.45) is 4.22. The van der Waals surface area contributed by atoms with Crippen molar-refractivity contribution in [1.29, 1.82) is 0 Å². The molecule has 1 nitrogen and oxygen atoms in total. The van der Waals surface area contributed by atoms with Gasteiger partial charge in [0, 0.05) is 11.8 Å². The van der Waals surface area contributed by atoms with Gasteiger partial charge in [-0.05, 0) is 12.3 Å². The van der Waals surface area contributed by atoms with Crippen LogP contribution >= 0.6 is 0 Å². The first-order valence-electron chi connectivity index (χ1n) is 6.26. The van der Waals surface area contributed by atoms with E-state index >= 15 is 0 Å². The molecule has 1 heterocycles. The van der Waals surface area contributed by atoms with Gasteiger partial charge in [0.25, 0.3) is 0 Å². The molecule has 0 spiro atoms. The van der Waals surface area contributed by atoms with Gasteiger partial charge in [-0.3, -0.25) is 0 Å². The van der Waals surface area contributed by atoms with Gasteiger partial charge in [-0.1, -0.05) is 33.6 Å². The maximum atomic E-state index is 2.44. The van der Waals surface area contributed by atoms with Gasteiger partial charge in [0.05, 0.1) is 27.2 Å². The van der Waals surface area contributed by atoms with Gasteiger partial charge in [-0.15, -0.1) is 0 Å². The normalized spacial score (nSPS) is 33.2. The lowest BCUT2D eigenvalue weighted by atomic mass is 9.87. The molecule has 1 rings (SSSR count). The van der Waals surface area contributed by atoms with Crippen molar-refractivity contribution in [2.24, 2.45) is 17.8 Å². The molecule has 0 aliphatic carbocycles. The van der Waals surface area contributed by atoms with Crippen molar-refractivity contribution in [2.45, 2.75) is 40.0 Å². The molecule has 3 unspecified atom stereocenters. The van der Waals surface area contributed by atoms with Crippen LogP contribution in [-0.4, -0.2) is 31.7 Å². The summed E-state index contributed by atoms with van der Waals surface area (Å²) in [5.41, 5.74) is 0. The van der Waals surface area contributed by atoms with E-state index < -0.39 is 0 Å². The minimum absolute atomic E-state index is 0.935. The first-order valence-corrected chi connectivity index (χ1v) is 6.26. The number of hydrogen-bond donors (Lipinski definition) is 0. The highest BCUT2D eigenvalue weighted by Gasteiger charge is 2.37. The van der Waals surface area contributed by atoms with Gasteiger partial charge in [0.15, 0.2) is 0 Å². The summed E-state index contributed by atoms with van der Waals surface area (Å²) >= 11 is 0. The highest BCUT2D eigenvalue weighted by atomic mass is 15.3. The Morgan fingerprint density at radius 1 is 1.29 bits per heavy atom. The highest BCUT2D eigenvalue weighted by Crippen LogP contribution is 2.32. The van der Waals surface area contributed by atoms with Crippen LogP contribution in [0.4, 0.5) is 0 Å². The number of quaternary nitrogens is 1. The van der Waals surface area contributed by atoms with Crippen LogP contribution in [-0.2, 0) is 0 Å². The zero-order valence-electron chi connectivity index (χ0n) is 10.7. The van der Waals surface area contributed by atoms with Crippen LogP contribution < -0.4 is 0 Å². The Hall–Kier alpha value is -0.0400. The Bertz CT molecular complexity index is 174. The Labute approximate surface area is 90.1 Å². The third-order valence-electron chi connectivity index (χ3n) is 3.80. The Kier molecular flexibility index (Phi) is 4.00. The van der Waals surface area contributed by atoms with E-state index in [9.17, 15) is 0 Å². The summed E-state index contributed by atoms with van der Waals surface area (Å²) in [6, 6.07) is 0. The van der Waals surface area contributed by atoms with Crippen LogP contribution in [0.25, 0.3) is 0 Å². The third kappa shape index (κ3) is 3.27. The summed E-state index contributed by atoms with van der Waals surface area (Å²) in [4.78, 5) is 0. The Balaban J connectivity index is 2.38. The number of nitrogens with zero attached hydrogens (tertiary/aromatic N) is 1. The van der Waals surface area contributed by atoms with E-state index in [4.69, 9.17) is 0 Å². The molecular formula is C13H28N+. The molecule has 0 aromatic carbocycles. The molecule has 1 heteroatoms. The Morgan fingerprint density at radius 3 is 2.36 bits per heavy atom. The summed E-state index contributed by atoms with van der Waals surface area (Å²) in [5.74, 6) is 2.85. The van der Waals surface area contributed by atoms with Gasteiger partial charge in [-0.2, -0.15) is 0 Å². The van der Waals surface area contributed by atoms with E-state index in [1.165, 1.54) is 36.8 Å². The summed E-state index contributed by atoms with van der Waals surface area (Å²) < 4.78 is 1.24. The first-order chi connectivity index (χ1) is 6.44. The monoisotopic (exact) mass is 198 g/mol. The topological polar surface area (TPSA) is 0 Å². The molecule has 0 N–H and O–H groups in total. The molecule has 0 aromatic rings. The lowest BCUT2D eigenvalue weighted by Crippen LogP contribution is -2.36. The molecular weight excluding hydrogens is 170 g/mol. The Morgan fingerprint density at radius 2 is 1.93 bits per heavy atom. The molecule has 1 saturated heterocycles. The number of rotatable bonds is 4. The van der Waals surface area contributed by atoms with Gasteiger partial charge in [0.2, 0.25) is 0 Å². The van der Waals surface area contributed by atoms with Crippen LogP contribution in [0, 0.1) is 17.8 Å². The fourth-order valence-corrected chi connectivity index (χ4v) is 3.25. The van der Waals surface area contributed by atoms with E-state index in [1.54, 1.807) is 0 Å². The van der Waals surface area contributed by atoms with Crippen LogP contribution in [0.15, 0.2) is 0 Å². The standard InChI is InChI=1S/C13H28N/c1-6-7-11(2)8-13-10-14(4,5)9-12(13)3/h11-13H,6-10H2,1-5H3/q+1. The summed E-state index contributed by atoms with van der Waals surface area (Å²) in [5, 5.41) is 0. The van der Waals surface area contributed by atoms with Crippen molar-refractivity contribution in [1.82, 2.24) is 0 Å². The second kappa shape index (κ2) is 4.65. The lowest BCUT2D eigenvalue weighted by molar-refractivity contribution is -0.880. The van der Waals surface area contributed by atoms with Crippen molar-refractivity contribution in [3.63, 3.8) is 0 Å². The quantitative estimate of drug-likeness (QED) is 0.609. The van der Waals surface area contributed by atoms with Crippen LogP contribution in [0.2, 0.25) is 0 Å².